The predicted molar refractivity (Wildman–Crippen MR) is 140 cm³/mol. The van der Waals surface area contributed by atoms with E-state index in [0.717, 1.165) is 16.7 Å². The van der Waals surface area contributed by atoms with E-state index in [2.05, 4.69) is 5.32 Å². The highest BCUT2D eigenvalue weighted by Crippen LogP contribution is 2.25. The molecule has 3 aromatic rings. The van der Waals surface area contributed by atoms with Gasteiger partial charge in [-0.1, -0.05) is 72.8 Å². The number of ether oxygens (including phenoxy) is 1. The largest absolute Gasteiger partial charge is 0.445 e. The molecule has 37 heavy (non-hydrogen) atoms. The molecule has 0 spiro atoms. The predicted octanol–water partition coefficient (Wildman–Crippen LogP) is 2.92. The van der Waals surface area contributed by atoms with Crippen LogP contribution in [-0.2, 0) is 44.7 Å². The van der Waals surface area contributed by atoms with Gasteiger partial charge in [-0.3, -0.25) is 18.7 Å². The molecule has 0 radical (unpaired) electrons. The fourth-order valence-electron chi connectivity index (χ4n) is 4.22. The van der Waals surface area contributed by atoms with E-state index in [9.17, 15) is 18.6 Å². The monoisotopic (exact) mass is 519 g/mol. The van der Waals surface area contributed by atoms with Gasteiger partial charge in [-0.15, -0.1) is 0 Å². The van der Waals surface area contributed by atoms with E-state index < -0.39 is 40.8 Å². The van der Waals surface area contributed by atoms with Crippen molar-refractivity contribution in [3.63, 3.8) is 0 Å². The van der Waals surface area contributed by atoms with E-state index in [-0.39, 0.29) is 31.7 Å². The summed E-state index contributed by atoms with van der Waals surface area (Å²) < 4.78 is 18.1. The van der Waals surface area contributed by atoms with Crippen LogP contribution in [0.3, 0.4) is 0 Å². The second-order valence-corrected chi connectivity index (χ2v) is 10.3. The molecule has 4 rings (SSSR count). The zero-order valence-electron chi connectivity index (χ0n) is 20.2. The highest BCUT2D eigenvalue weighted by atomic mass is 32.2. The van der Waals surface area contributed by atoms with Gasteiger partial charge in [-0.2, -0.15) is 0 Å². The van der Waals surface area contributed by atoms with E-state index in [0.29, 0.717) is 4.90 Å². The Labute approximate surface area is 218 Å². The number of fused-ring (bicyclic) bond motifs is 1. The van der Waals surface area contributed by atoms with Gasteiger partial charge in [0, 0.05) is 17.1 Å². The van der Waals surface area contributed by atoms with Gasteiger partial charge in [0.15, 0.2) is 0 Å². The van der Waals surface area contributed by atoms with Crippen LogP contribution in [0.15, 0.2) is 89.8 Å². The molecule has 192 valence electrons. The molecular weight excluding hydrogens is 490 g/mol. The summed E-state index contributed by atoms with van der Waals surface area (Å²) in [4.78, 5) is 40.6. The van der Waals surface area contributed by atoms with Gasteiger partial charge in [0.25, 0.3) is 0 Å². The second kappa shape index (κ2) is 12.3. The molecule has 1 aliphatic rings. The fraction of sp³-hybridized carbons (Fsp3) is 0.250. The Balaban J connectivity index is 1.46. The van der Waals surface area contributed by atoms with Crippen LogP contribution in [0.25, 0.3) is 0 Å². The third-order valence-electron chi connectivity index (χ3n) is 6.25. The summed E-state index contributed by atoms with van der Waals surface area (Å²) in [6.45, 7) is 0.266. The highest BCUT2D eigenvalue weighted by molar-refractivity contribution is 7.85. The highest BCUT2D eigenvalue weighted by Gasteiger charge is 2.37. The van der Waals surface area contributed by atoms with Gasteiger partial charge in [0.05, 0.1) is 17.3 Å². The third kappa shape index (κ3) is 6.83. The summed E-state index contributed by atoms with van der Waals surface area (Å²) >= 11 is 0. The van der Waals surface area contributed by atoms with Crippen molar-refractivity contribution in [2.75, 3.05) is 5.75 Å². The lowest BCUT2D eigenvalue weighted by molar-refractivity contribution is -0.131. The van der Waals surface area contributed by atoms with Gasteiger partial charge in [0.2, 0.25) is 11.8 Å². The summed E-state index contributed by atoms with van der Waals surface area (Å²) in [6.07, 6.45) is -0.256. The van der Waals surface area contributed by atoms with Crippen LogP contribution >= 0.6 is 0 Å². The quantitative estimate of drug-likeness (QED) is 0.451. The first-order chi connectivity index (χ1) is 17.9. The molecule has 0 saturated carbocycles. The standard InChI is InChI=1S/C28H29N3O5S/c29-26(32)24(15-16-37(35)23-13-5-2-6-14-23)30-27(33)25-17-21-11-7-8-12-22(21)18-31(25)28(34)36-19-20-9-3-1-4-10-20/h1-14,24-25H,15-19H2,(H2,29,32)(H,30,33)/t24-,25-,37+/m0/s1. The van der Waals surface area contributed by atoms with Gasteiger partial charge in [-0.25, -0.2) is 4.79 Å². The molecule has 0 fully saturated rings. The topological polar surface area (TPSA) is 119 Å². The number of carbonyl (C=O) groups excluding carboxylic acids is 3. The molecular formula is C28H29N3O5S. The van der Waals surface area contributed by atoms with Crippen LogP contribution in [-0.4, -0.2) is 44.9 Å². The summed E-state index contributed by atoms with van der Waals surface area (Å²) in [6, 6.07) is 23.8. The number of hydrogen-bond acceptors (Lipinski definition) is 5. The van der Waals surface area contributed by atoms with Gasteiger partial charge >= 0.3 is 6.09 Å². The molecule has 9 heteroatoms. The summed E-state index contributed by atoms with van der Waals surface area (Å²) in [7, 11) is -1.35. The Hall–Kier alpha value is -3.98. The maximum Gasteiger partial charge on any atom is 0.411 e. The van der Waals surface area contributed by atoms with Crippen molar-refractivity contribution >= 4 is 28.7 Å². The maximum absolute atomic E-state index is 13.4. The number of primary amides is 1. The van der Waals surface area contributed by atoms with Crippen LogP contribution in [0.4, 0.5) is 4.79 Å². The zero-order chi connectivity index (χ0) is 26.2. The number of benzene rings is 3. The first kappa shape index (κ1) is 26.1. The van der Waals surface area contributed by atoms with E-state index in [1.54, 1.807) is 24.3 Å². The normalized spacial score (nSPS) is 16.2. The first-order valence-corrected chi connectivity index (χ1v) is 13.3. The molecule has 0 aromatic heterocycles. The van der Waals surface area contributed by atoms with Crippen molar-refractivity contribution in [1.82, 2.24) is 10.2 Å². The summed E-state index contributed by atoms with van der Waals surface area (Å²) in [5.41, 5.74) is 8.26. The SMILES string of the molecule is NC(=O)[C@H](CC[S@@](=O)c1ccccc1)NC(=O)[C@@H]1Cc2ccccc2CN1C(=O)OCc1ccccc1. The van der Waals surface area contributed by atoms with E-state index in [1.807, 2.05) is 60.7 Å². The Kier molecular flexibility index (Phi) is 8.68. The lowest BCUT2D eigenvalue weighted by Gasteiger charge is -2.35. The maximum atomic E-state index is 13.4. The lowest BCUT2D eigenvalue weighted by atomic mass is 9.93. The minimum Gasteiger partial charge on any atom is -0.445 e. The van der Waals surface area contributed by atoms with Crippen LogP contribution in [0.1, 0.15) is 23.1 Å². The van der Waals surface area contributed by atoms with Gasteiger partial charge in [-0.05, 0) is 35.2 Å². The van der Waals surface area contributed by atoms with Crippen molar-refractivity contribution in [2.45, 2.75) is 43.0 Å². The number of rotatable bonds is 9. The lowest BCUT2D eigenvalue weighted by Crippen LogP contribution is -2.56. The molecule has 1 heterocycles. The number of hydrogen-bond donors (Lipinski definition) is 2. The van der Waals surface area contributed by atoms with Crippen molar-refractivity contribution in [1.29, 1.82) is 0 Å². The molecule has 3 atom stereocenters. The van der Waals surface area contributed by atoms with Gasteiger partial charge < -0.3 is 15.8 Å². The molecule has 0 aliphatic carbocycles. The molecule has 1 aliphatic heterocycles. The van der Waals surface area contributed by atoms with Crippen LogP contribution in [0.5, 0.6) is 0 Å². The number of carbonyl (C=O) groups is 3. The van der Waals surface area contributed by atoms with Crippen molar-refractivity contribution in [3.8, 4) is 0 Å². The summed E-state index contributed by atoms with van der Waals surface area (Å²) in [5, 5.41) is 2.69. The average molecular weight is 520 g/mol. The molecule has 3 aromatic carbocycles. The Morgan fingerprint density at radius 2 is 1.57 bits per heavy atom. The third-order valence-corrected chi connectivity index (χ3v) is 7.65. The Morgan fingerprint density at radius 3 is 2.24 bits per heavy atom. The number of nitrogens with zero attached hydrogens (tertiary/aromatic N) is 1. The minimum absolute atomic E-state index is 0.0708. The first-order valence-electron chi connectivity index (χ1n) is 12.0. The molecule has 0 bridgehead atoms. The van der Waals surface area contributed by atoms with Crippen LogP contribution in [0.2, 0.25) is 0 Å². The zero-order valence-corrected chi connectivity index (χ0v) is 21.1. The minimum atomic E-state index is -1.35. The van der Waals surface area contributed by atoms with Crippen molar-refractivity contribution < 1.29 is 23.3 Å². The van der Waals surface area contributed by atoms with E-state index in [4.69, 9.17) is 10.5 Å². The fourth-order valence-corrected chi connectivity index (χ4v) is 5.37. The molecule has 3 N–H and O–H groups in total. The van der Waals surface area contributed by atoms with Crippen LogP contribution in [0, 0.1) is 0 Å². The average Bonchev–Trinajstić information content (AvgIpc) is 2.93. The number of nitrogens with two attached hydrogens (primary N) is 1. The smallest absolute Gasteiger partial charge is 0.411 e. The van der Waals surface area contributed by atoms with E-state index >= 15 is 0 Å². The molecule has 0 unspecified atom stereocenters. The van der Waals surface area contributed by atoms with Crippen LogP contribution < -0.4 is 11.1 Å². The van der Waals surface area contributed by atoms with Gasteiger partial charge in [0.1, 0.15) is 18.7 Å². The number of nitrogens with one attached hydrogen (secondary N) is 1. The molecule has 0 saturated heterocycles. The molecule has 8 nitrogen and oxygen atoms in total. The Morgan fingerprint density at radius 1 is 0.946 bits per heavy atom. The van der Waals surface area contributed by atoms with E-state index in [1.165, 1.54) is 4.90 Å². The van der Waals surface area contributed by atoms with Crippen molar-refractivity contribution in [3.05, 3.63) is 102 Å². The second-order valence-electron chi connectivity index (χ2n) is 8.77. The number of amides is 3. The summed E-state index contributed by atoms with van der Waals surface area (Å²) in [5.74, 6) is -1.10. The van der Waals surface area contributed by atoms with Crippen molar-refractivity contribution in [2.24, 2.45) is 5.73 Å². The Bertz CT molecular complexity index is 1270. The molecule has 3 amide bonds.